The quantitative estimate of drug-likeness (QED) is 0.583. The van der Waals surface area contributed by atoms with E-state index in [1.54, 1.807) is 12.1 Å². The Kier molecular flexibility index (Phi) is 4.80. The van der Waals surface area contributed by atoms with Crippen LogP contribution in [0.25, 0.3) is 0 Å². The maximum Gasteiger partial charge on any atom is 0.361 e. The first kappa shape index (κ1) is 17.1. The number of nitrogens with zero attached hydrogens (tertiary/aromatic N) is 1. The van der Waals surface area contributed by atoms with Crippen molar-refractivity contribution in [1.82, 2.24) is 5.06 Å². The van der Waals surface area contributed by atoms with E-state index < -0.39 is 23.9 Å². The summed E-state index contributed by atoms with van der Waals surface area (Å²) in [7, 11) is 1.31. The van der Waals surface area contributed by atoms with Crippen LogP contribution in [0.2, 0.25) is 0 Å². The monoisotopic (exact) mass is 347 g/mol. The summed E-state index contributed by atoms with van der Waals surface area (Å²) in [5.74, 6) is -2.49. The van der Waals surface area contributed by atoms with Crippen molar-refractivity contribution < 1.29 is 33.5 Å². The van der Waals surface area contributed by atoms with Gasteiger partial charge >= 0.3 is 11.9 Å². The van der Waals surface area contributed by atoms with E-state index in [4.69, 9.17) is 9.57 Å². The van der Waals surface area contributed by atoms with Crippen molar-refractivity contribution in [2.24, 2.45) is 0 Å². The maximum atomic E-state index is 12.2. The highest BCUT2D eigenvalue weighted by atomic mass is 16.7. The number of ether oxygens (including phenoxy) is 2. The van der Waals surface area contributed by atoms with Crippen molar-refractivity contribution in [3.63, 3.8) is 0 Å². The zero-order chi connectivity index (χ0) is 18.0. The van der Waals surface area contributed by atoms with E-state index >= 15 is 0 Å². The van der Waals surface area contributed by atoms with Gasteiger partial charge in [0.2, 0.25) is 0 Å². The summed E-state index contributed by atoms with van der Waals surface area (Å²) in [5, 5.41) is 0.470. The van der Waals surface area contributed by atoms with Gasteiger partial charge in [-0.3, -0.25) is 14.4 Å². The van der Waals surface area contributed by atoms with Gasteiger partial charge in [-0.25, -0.2) is 4.79 Å². The summed E-state index contributed by atoms with van der Waals surface area (Å²) in [5.41, 5.74) is 0.396. The Morgan fingerprint density at radius 2 is 1.80 bits per heavy atom. The maximum absolute atomic E-state index is 12.2. The van der Waals surface area contributed by atoms with Crippen LogP contribution < -0.4 is 0 Å². The lowest BCUT2D eigenvalue weighted by atomic mass is 10.1. The number of carbonyl (C=O) groups is 4. The number of hydrogen-bond donors (Lipinski definition) is 0. The zero-order valence-corrected chi connectivity index (χ0v) is 13.6. The Hall–Kier alpha value is -2.74. The van der Waals surface area contributed by atoms with Crippen molar-refractivity contribution in [3.8, 4) is 0 Å². The van der Waals surface area contributed by atoms with Crippen LogP contribution in [0.5, 0.6) is 0 Å². The third-order valence-electron chi connectivity index (χ3n) is 4.21. The molecule has 3 rings (SSSR count). The number of hydrogen-bond acceptors (Lipinski definition) is 7. The Bertz CT molecular complexity index is 694. The third-order valence-corrected chi connectivity index (χ3v) is 4.21. The smallest absolute Gasteiger partial charge is 0.361 e. The molecule has 0 aromatic heterocycles. The van der Waals surface area contributed by atoms with Gasteiger partial charge in [0.15, 0.2) is 6.10 Å². The lowest BCUT2D eigenvalue weighted by Crippen LogP contribution is -2.37. The van der Waals surface area contributed by atoms with Crippen LogP contribution >= 0.6 is 0 Å². The summed E-state index contributed by atoms with van der Waals surface area (Å²) < 4.78 is 10.1. The van der Waals surface area contributed by atoms with Gasteiger partial charge < -0.3 is 14.3 Å². The van der Waals surface area contributed by atoms with Gasteiger partial charge in [-0.1, -0.05) is 17.2 Å². The molecule has 0 spiro atoms. The van der Waals surface area contributed by atoms with Crippen LogP contribution in [0.3, 0.4) is 0 Å². The molecule has 1 fully saturated rings. The van der Waals surface area contributed by atoms with Gasteiger partial charge in [-0.2, -0.15) is 0 Å². The summed E-state index contributed by atoms with van der Waals surface area (Å²) in [6, 6.07) is 6.25. The van der Waals surface area contributed by atoms with Gasteiger partial charge in [0.1, 0.15) is 0 Å². The molecule has 2 aliphatic rings. The van der Waals surface area contributed by atoms with E-state index in [-0.39, 0.29) is 29.6 Å². The number of esters is 1. The van der Waals surface area contributed by atoms with Crippen molar-refractivity contribution in [2.45, 2.75) is 37.9 Å². The number of fused-ring (bicyclic) bond motifs is 1. The molecule has 0 saturated carbocycles. The van der Waals surface area contributed by atoms with Crippen LogP contribution in [-0.4, -0.2) is 48.1 Å². The molecule has 8 nitrogen and oxygen atoms in total. The molecule has 2 heterocycles. The minimum absolute atomic E-state index is 0.196. The number of rotatable bonds is 5. The van der Waals surface area contributed by atoms with Gasteiger partial charge in [0.05, 0.1) is 24.3 Å². The number of hydroxylamine groups is 2. The Morgan fingerprint density at radius 1 is 1.16 bits per heavy atom. The summed E-state index contributed by atoms with van der Waals surface area (Å²) >= 11 is 0. The molecule has 0 unspecified atom stereocenters. The predicted molar refractivity (Wildman–Crippen MR) is 82.2 cm³/mol. The lowest BCUT2D eigenvalue weighted by Gasteiger charge is -2.16. The molecule has 1 aromatic carbocycles. The van der Waals surface area contributed by atoms with Crippen molar-refractivity contribution in [3.05, 3.63) is 35.4 Å². The van der Waals surface area contributed by atoms with E-state index in [0.717, 1.165) is 0 Å². The first-order chi connectivity index (χ1) is 12.0. The molecule has 2 amide bonds. The third kappa shape index (κ3) is 3.39. The van der Waals surface area contributed by atoms with Crippen LogP contribution in [0, 0.1) is 0 Å². The Morgan fingerprint density at radius 3 is 2.40 bits per heavy atom. The van der Waals surface area contributed by atoms with E-state index in [1.807, 2.05) is 0 Å². The predicted octanol–water partition coefficient (Wildman–Crippen LogP) is 1.24. The van der Waals surface area contributed by atoms with Gasteiger partial charge in [-0.15, -0.1) is 0 Å². The highest BCUT2D eigenvalue weighted by Crippen LogP contribution is 2.27. The molecule has 1 aromatic rings. The van der Waals surface area contributed by atoms with E-state index in [9.17, 15) is 19.2 Å². The van der Waals surface area contributed by atoms with E-state index in [0.29, 0.717) is 24.3 Å². The molecular formula is C17H17NO7. The molecule has 0 bridgehead atoms. The number of carbonyl (C=O) groups excluding carboxylic acids is 4. The molecule has 2 atom stereocenters. The molecule has 0 aliphatic carbocycles. The first-order valence-corrected chi connectivity index (χ1v) is 7.93. The second kappa shape index (κ2) is 7.02. The number of methoxy groups -OCH3 is 1. The fourth-order valence-corrected chi connectivity index (χ4v) is 2.87. The minimum atomic E-state index is -0.869. The van der Waals surface area contributed by atoms with E-state index in [2.05, 4.69) is 4.74 Å². The highest BCUT2D eigenvalue weighted by Gasteiger charge is 2.41. The normalized spacial score (nSPS) is 22.0. The second-order valence-electron chi connectivity index (χ2n) is 5.80. The summed E-state index contributed by atoms with van der Waals surface area (Å²) in [4.78, 5) is 52.7. The first-order valence-electron chi connectivity index (χ1n) is 7.93. The average molecular weight is 347 g/mol. The van der Waals surface area contributed by atoms with Crippen LogP contribution in [0.15, 0.2) is 24.3 Å². The van der Waals surface area contributed by atoms with Crippen LogP contribution in [-0.2, 0) is 23.9 Å². The van der Waals surface area contributed by atoms with Gasteiger partial charge in [-0.05, 0) is 31.4 Å². The molecule has 8 heteroatoms. The highest BCUT2D eigenvalue weighted by molar-refractivity contribution is 6.20. The number of amides is 2. The van der Waals surface area contributed by atoms with Crippen LogP contribution in [0.4, 0.5) is 0 Å². The average Bonchev–Trinajstić information content (AvgIpc) is 3.19. The Balaban J connectivity index is 1.56. The van der Waals surface area contributed by atoms with Crippen molar-refractivity contribution in [2.75, 3.05) is 7.11 Å². The number of imide groups is 1. The minimum Gasteiger partial charge on any atom is -0.469 e. The summed E-state index contributed by atoms with van der Waals surface area (Å²) in [6.45, 7) is 0. The molecular weight excluding hydrogens is 330 g/mol. The van der Waals surface area contributed by atoms with Gasteiger partial charge in [0, 0.05) is 6.42 Å². The second-order valence-corrected chi connectivity index (χ2v) is 5.80. The Labute approximate surface area is 143 Å². The standard InChI is InChI=1S/C17H17NO7/c1-23-14(19)9-7-10-6-8-13(24-10)17(22)25-18-15(20)11-4-2-3-5-12(11)16(18)21/h2-5,10,13H,6-9H2,1H3/t10-,13+/m1/s1. The fourth-order valence-electron chi connectivity index (χ4n) is 2.87. The largest absolute Gasteiger partial charge is 0.469 e. The molecule has 1 saturated heterocycles. The summed E-state index contributed by atoms with van der Waals surface area (Å²) in [6.07, 6.45) is 0.475. The topological polar surface area (TPSA) is 99.2 Å². The SMILES string of the molecule is COC(=O)CC[C@H]1CC[C@@H](C(=O)ON2C(=O)c3ccccc3C2=O)O1. The lowest BCUT2D eigenvalue weighted by molar-refractivity contribution is -0.181. The van der Waals surface area contributed by atoms with Crippen molar-refractivity contribution in [1.29, 1.82) is 0 Å². The van der Waals surface area contributed by atoms with E-state index in [1.165, 1.54) is 19.2 Å². The molecule has 25 heavy (non-hydrogen) atoms. The molecule has 132 valence electrons. The fraction of sp³-hybridized carbons (Fsp3) is 0.412. The zero-order valence-electron chi connectivity index (χ0n) is 13.6. The molecule has 0 radical (unpaired) electrons. The van der Waals surface area contributed by atoms with Crippen LogP contribution in [0.1, 0.15) is 46.4 Å². The molecule has 0 N–H and O–H groups in total. The number of benzene rings is 1. The molecule has 2 aliphatic heterocycles. The van der Waals surface area contributed by atoms with Crippen molar-refractivity contribution >= 4 is 23.8 Å². The van der Waals surface area contributed by atoms with Gasteiger partial charge in [0.25, 0.3) is 11.8 Å².